The van der Waals surface area contributed by atoms with E-state index in [0.29, 0.717) is 0 Å². The number of aromatic nitrogens is 2. The van der Waals surface area contributed by atoms with Crippen molar-refractivity contribution in [3.05, 3.63) is 24.0 Å². The lowest BCUT2D eigenvalue weighted by atomic mass is 10.3. The molecule has 1 aromatic rings. The summed E-state index contributed by atoms with van der Waals surface area (Å²) in [6, 6.07) is 2.01. The fraction of sp³-hybridized carbons (Fsp3) is 0.571. The number of ether oxygens (including phenoxy) is 1. The molecule has 5 nitrogen and oxygen atoms in total. The summed E-state index contributed by atoms with van der Waals surface area (Å²) in [5.74, 6) is 1.86. The van der Waals surface area contributed by atoms with Crippen LogP contribution in [-0.2, 0) is 4.74 Å². The molecule has 0 aliphatic carbocycles. The summed E-state index contributed by atoms with van der Waals surface area (Å²) < 4.78 is 5.35. The van der Waals surface area contributed by atoms with Gasteiger partial charge in [-0.2, -0.15) is 0 Å². The number of allylic oxidation sites excluding steroid dienone is 1. The van der Waals surface area contributed by atoms with E-state index in [9.17, 15) is 0 Å². The van der Waals surface area contributed by atoms with Crippen molar-refractivity contribution in [2.45, 2.75) is 20.3 Å². The Morgan fingerprint density at radius 1 is 1.37 bits per heavy atom. The second-order valence-electron chi connectivity index (χ2n) is 4.86. The highest BCUT2D eigenvalue weighted by molar-refractivity contribution is 5.48. The van der Waals surface area contributed by atoms with Crippen molar-refractivity contribution < 1.29 is 4.74 Å². The molecule has 1 N–H and O–H groups in total. The summed E-state index contributed by atoms with van der Waals surface area (Å²) in [6.45, 7) is 8.45. The number of morpholine rings is 1. The Kier molecular flexibility index (Phi) is 5.15. The van der Waals surface area contributed by atoms with Crippen LogP contribution < -0.4 is 10.2 Å². The van der Waals surface area contributed by atoms with Gasteiger partial charge in [0, 0.05) is 25.7 Å². The first-order chi connectivity index (χ1) is 9.25. The van der Waals surface area contributed by atoms with Crippen molar-refractivity contribution >= 4 is 11.6 Å². The van der Waals surface area contributed by atoms with Crippen molar-refractivity contribution in [1.29, 1.82) is 0 Å². The van der Waals surface area contributed by atoms with E-state index in [0.717, 1.165) is 50.9 Å². The smallest absolute Gasteiger partial charge is 0.134 e. The van der Waals surface area contributed by atoms with Crippen LogP contribution in [0.2, 0.25) is 0 Å². The van der Waals surface area contributed by atoms with Gasteiger partial charge in [0.2, 0.25) is 0 Å². The summed E-state index contributed by atoms with van der Waals surface area (Å²) in [7, 11) is 0. The number of nitrogens with one attached hydrogen (secondary N) is 1. The van der Waals surface area contributed by atoms with E-state index in [4.69, 9.17) is 4.74 Å². The van der Waals surface area contributed by atoms with E-state index in [-0.39, 0.29) is 0 Å². The Morgan fingerprint density at radius 2 is 2.16 bits per heavy atom. The lowest BCUT2D eigenvalue weighted by Crippen LogP contribution is -2.36. The van der Waals surface area contributed by atoms with E-state index in [1.54, 1.807) is 6.33 Å². The minimum Gasteiger partial charge on any atom is -0.378 e. The summed E-state index contributed by atoms with van der Waals surface area (Å²) in [5, 5.41) is 3.33. The molecule has 1 aromatic heterocycles. The van der Waals surface area contributed by atoms with Crippen LogP contribution in [0.25, 0.3) is 0 Å². The van der Waals surface area contributed by atoms with E-state index in [2.05, 4.69) is 40.1 Å². The Hall–Kier alpha value is -1.62. The van der Waals surface area contributed by atoms with Crippen LogP contribution in [-0.4, -0.2) is 42.8 Å². The fourth-order valence-corrected chi connectivity index (χ4v) is 1.97. The summed E-state index contributed by atoms with van der Waals surface area (Å²) in [4.78, 5) is 10.8. The number of hydrogen-bond donors (Lipinski definition) is 1. The fourth-order valence-electron chi connectivity index (χ4n) is 1.97. The largest absolute Gasteiger partial charge is 0.378 e. The summed E-state index contributed by atoms with van der Waals surface area (Å²) in [6.07, 6.45) is 4.85. The monoisotopic (exact) mass is 262 g/mol. The molecule has 0 aromatic carbocycles. The zero-order chi connectivity index (χ0) is 13.5. The highest BCUT2D eigenvalue weighted by Crippen LogP contribution is 2.15. The minimum atomic E-state index is 0.771. The Labute approximate surface area is 114 Å². The molecule has 2 heterocycles. The molecule has 0 spiro atoms. The van der Waals surface area contributed by atoms with E-state index in [1.807, 2.05) is 6.07 Å². The van der Waals surface area contributed by atoms with Crippen LogP contribution in [0.1, 0.15) is 20.3 Å². The predicted octanol–water partition coefficient (Wildman–Crippen LogP) is 2.08. The molecular formula is C14H22N4O. The molecule has 0 unspecified atom stereocenters. The average molecular weight is 262 g/mol. The van der Waals surface area contributed by atoms with Crippen LogP contribution in [0.15, 0.2) is 24.0 Å². The molecule has 0 atom stereocenters. The third kappa shape index (κ3) is 4.52. The molecule has 0 bridgehead atoms. The van der Waals surface area contributed by atoms with Gasteiger partial charge >= 0.3 is 0 Å². The molecule has 1 aliphatic heterocycles. The molecular weight excluding hydrogens is 240 g/mol. The van der Waals surface area contributed by atoms with Gasteiger partial charge in [-0.3, -0.25) is 0 Å². The molecule has 0 radical (unpaired) electrons. The molecule has 1 aliphatic rings. The van der Waals surface area contributed by atoms with Gasteiger partial charge < -0.3 is 15.0 Å². The van der Waals surface area contributed by atoms with Gasteiger partial charge in [0.15, 0.2) is 0 Å². The van der Waals surface area contributed by atoms with Gasteiger partial charge in [0.1, 0.15) is 18.0 Å². The van der Waals surface area contributed by atoms with Crippen molar-refractivity contribution in [3.8, 4) is 0 Å². The van der Waals surface area contributed by atoms with Gasteiger partial charge in [-0.1, -0.05) is 11.6 Å². The topological polar surface area (TPSA) is 50.3 Å². The highest BCUT2D eigenvalue weighted by Gasteiger charge is 2.12. The molecule has 2 rings (SSSR count). The second-order valence-corrected chi connectivity index (χ2v) is 4.86. The normalized spacial score (nSPS) is 15.2. The second kappa shape index (κ2) is 7.09. The SMILES string of the molecule is CC(C)=CCCNc1cc(N2CCOCC2)ncn1. The third-order valence-corrected chi connectivity index (χ3v) is 2.99. The molecule has 0 amide bonds. The summed E-state index contributed by atoms with van der Waals surface area (Å²) in [5.41, 5.74) is 1.35. The lowest BCUT2D eigenvalue weighted by molar-refractivity contribution is 0.122. The van der Waals surface area contributed by atoms with Crippen molar-refractivity contribution in [3.63, 3.8) is 0 Å². The molecule has 5 heteroatoms. The number of anilines is 2. The van der Waals surface area contributed by atoms with Gasteiger partial charge in [-0.15, -0.1) is 0 Å². The number of rotatable bonds is 5. The average Bonchev–Trinajstić information content (AvgIpc) is 2.45. The van der Waals surface area contributed by atoms with Crippen LogP contribution in [0, 0.1) is 0 Å². The van der Waals surface area contributed by atoms with Crippen LogP contribution in [0.3, 0.4) is 0 Å². The standard InChI is InChI=1S/C14H22N4O/c1-12(2)4-3-5-15-13-10-14(17-11-16-13)18-6-8-19-9-7-18/h4,10-11H,3,5-9H2,1-2H3,(H,15,16,17). The zero-order valence-electron chi connectivity index (χ0n) is 11.7. The van der Waals surface area contributed by atoms with E-state index in [1.165, 1.54) is 5.57 Å². The number of nitrogens with zero attached hydrogens (tertiary/aromatic N) is 3. The first kappa shape index (κ1) is 13.8. The lowest BCUT2D eigenvalue weighted by Gasteiger charge is -2.27. The maximum absolute atomic E-state index is 5.35. The first-order valence-electron chi connectivity index (χ1n) is 6.77. The van der Waals surface area contributed by atoms with Gasteiger partial charge in [-0.25, -0.2) is 9.97 Å². The van der Waals surface area contributed by atoms with Crippen molar-refractivity contribution in [2.24, 2.45) is 0 Å². The minimum absolute atomic E-state index is 0.771. The molecule has 19 heavy (non-hydrogen) atoms. The quantitative estimate of drug-likeness (QED) is 0.650. The highest BCUT2D eigenvalue weighted by atomic mass is 16.5. The Morgan fingerprint density at radius 3 is 2.89 bits per heavy atom. The molecule has 1 saturated heterocycles. The Balaban J connectivity index is 1.89. The zero-order valence-corrected chi connectivity index (χ0v) is 11.7. The van der Waals surface area contributed by atoms with Crippen LogP contribution in [0.4, 0.5) is 11.6 Å². The van der Waals surface area contributed by atoms with Gasteiger partial charge in [0.25, 0.3) is 0 Å². The predicted molar refractivity (Wildman–Crippen MR) is 77.6 cm³/mol. The van der Waals surface area contributed by atoms with Crippen LogP contribution in [0.5, 0.6) is 0 Å². The molecule has 0 saturated carbocycles. The summed E-state index contributed by atoms with van der Waals surface area (Å²) >= 11 is 0. The van der Waals surface area contributed by atoms with Crippen molar-refractivity contribution in [2.75, 3.05) is 43.1 Å². The van der Waals surface area contributed by atoms with E-state index < -0.39 is 0 Å². The number of hydrogen-bond acceptors (Lipinski definition) is 5. The maximum atomic E-state index is 5.35. The van der Waals surface area contributed by atoms with Crippen molar-refractivity contribution in [1.82, 2.24) is 9.97 Å². The van der Waals surface area contributed by atoms with Gasteiger partial charge in [-0.05, 0) is 20.3 Å². The van der Waals surface area contributed by atoms with E-state index >= 15 is 0 Å². The molecule has 1 fully saturated rings. The molecule has 104 valence electrons. The third-order valence-electron chi connectivity index (χ3n) is 2.99. The Bertz CT molecular complexity index is 423. The maximum Gasteiger partial charge on any atom is 0.134 e. The van der Waals surface area contributed by atoms with Crippen LogP contribution >= 0.6 is 0 Å². The first-order valence-corrected chi connectivity index (χ1v) is 6.77. The van der Waals surface area contributed by atoms with Gasteiger partial charge in [0.05, 0.1) is 13.2 Å².